The molecule has 0 bridgehead atoms. The summed E-state index contributed by atoms with van der Waals surface area (Å²) in [6.45, 7) is 8.42. The second-order valence-corrected chi connectivity index (χ2v) is 7.87. The molecule has 0 aromatic carbocycles. The summed E-state index contributed by atoms with van der Waals surface area (Å²) in [5, 5.41) is -0.220. The number of amides is 2. The summed E-state index contributed by atoms with van der Waals surface area (Å²) < 4.78 is 0. The molecule has 4 nitrogen and oxygen atoms in total. The summed E-state index contributed by atoms with van der Waals surface area (Å²) in [7, 11) is 0. The largest absolute Gasteiger partial charge is 0.300 e. The van der Waals surface area contributed by atoms with Crippen LogP contribution in [-0.4, -0.2) is 40.0 Å². The third-order valence-corrected chi connectivity index (χ3v) is 4.49. The average Bonchev–Trinajstić information content (AvgIpc) is 2.54. The zero-order valence-electron chi connectivity index (χ0n) is 12.9. The second-order valence-electron chi connectivity index (χ2n) is 6.56. The first-order valence-electron chi connectivity index (χ1n) is 7.16. The first-order chi connectivity index (χ1) is 9.20. The molecule has 0 saturated carbocycles. The fraction of sp³-hybridized carbons (Fsp3) is 0.800. The Bertz CT molecular complexity index is 387. The summed E-state index contributed by atoms with van der Waals surface area (Å²) in [5.74, 6) is 0.832. The van der Waals surface area contributed by atoms with E-state index < -0.39 is 0 Å². The Balaban J connectivity index is 2.40. The summed E-state index contributed by atoms with van der Waals surface area (Å²) >= 11 is 1.59. The van der Waals surface area contributed by atoms with Gasteiger partial charge in [0.2, 0.25) is 11.8 Å². The monoisotopic (exact) mass is 299 g/mol. The molecule has 1 heterocycles. The van der Waals surface area contributed by atoms with Gasteiger partial charge in [-0.05, 0) is 30.9 Å². The molecule has 1 unspecified atom stereocenters. The minimum atomic E-state index is -0.220. The smallest absolute Gasteiger partial charge is 0.242 e. The van der Waals surface area contributed by atoms with Crippen LogP contribution in [0.3, 0.4) is 0 Å². The molecule has 0 radical (unpaired) electrons. The first kappa shape index (κ1) is 17.2. The Hall–Kier alpha value is -0.840. The van der Waals surface area contributed by atoms with E-state index in [1.807, 2.05) is 0 Å². The van der Waals surface area contributed by atoms with Gasteiger partial charge in [-0.3, -0.25) is 14.5 Å². The molecule has 5 heteroatoms. The Kier molecular flexibility index (Phi) is 6.24. The standard InChI is InChI=1S/C15H25NO3S/c1-11(17)6-5-8-16-13(18)10-12(14(16)19)20-9-7-15(2,3)4/h12H,5-10H2,1-4H3. The summed E-state index contributed by atoms with van der Waals surface area (Å²) in [6, 6.07) is 0. The fourth-order valence-electron chi connectivity index (χ4n) is 2.01. The molecule has 0 spiro atoms. The third-order valence-electron chi connectivity index (χ3n) is 3.28. The maximum atomic E-state index is 12.1. The van der Waals surface area contributed by atoms with Crippen LogP contribution in [0.15, 0.2) is 0 Å². The topological polar surface area (TPSA) is 54.5 Å². The highest BCUT2D eigenvalue weighted by atomic mass is 32.2. The van der Waals surface area contributed by atoms with E-state index in [-0.39, 0.29) is 28.3 Å². The molecule has 0 N–H and O–H groups in total. The highest BCUT2D eigenvalue weighted by Gasteiger charge is 2.38. The van der Waals surface area contributed by atoms with Gasteiger partial charge < -0.3 is 4.79 Å². The maximum absolute atomic E-state index is 12.1. The van der Waals surface area contributed by atoms with Crippen LogP contribution in [0.2, 0.25) is 0 Å². The third kappa shape index (κ3) is 5.65. The number of carbonyl (C=O) groups excluding carboxylic acids is 3. The predicted octanol–water partition coefficient (Wildman–Crippen LogP) is 2.65. The van der Waals surface area contributed by atoms with Crippen LogP contribution in [-0.2, 0) is 14.4 Å². The number of rotatable bonds is 7. The van der Waals surface area contributed by atoms with Crippen LogP contribution < -0.4 is 0 Å². The van der Waals surface area contributed by atoms with E-state index in [2.05, 4.69) is 20.8 Å². The molecule has 0 aliphatic carbocycles. The molecule has 2 amide bonds. The lowest BCUT2D eigenvalue weighted by Crippen LogP contribution is -2.32. The number of carbonyl (C=O) groups is 3. The molecule has 1 aliphatic rings. The van der Waals surface area contributed by atoms with Gasteiger partial charge in [-0.1, -0.05) is 20.8 Å². The summed E-state index contributed by atoms with van der Waals surface area (Å²) in [5.41, 5.74) is 0.250. The molecule has 1 atom stereocenters. The SMILES string of the molecule is CC(=O)CCCN1C(=O)CC(SCCC(C)(C)C)C1=O. The van der Waals surface area contributed by atoms with Crippen LogP contribution in [0, 0.1) is 5.41 Å². The lowest BCUT2D eigenvalue weighted by Gasteiger charge is -2.18. The Morgan fingerprint density at radius 2 is 2.00 bits per heavy atom. The minimum absolute atomic E-state index is 0.0718. The van der Waals surface area contributed by atoms with E-state index in [0.717, 1.165) is 12.2 Å². The number of hydrogen-bond donors (Lipinski definition) is 0. The van der Waals surface area contributed by atoms with Gasteiger partial charge in [-0.2, -0.15) is 0 Å². The fourth-order valence-corrected chi connectivity index (χ4v) is 3.56. The van der Waals surface area contributed by atoms with Crippen LogP contribution in [0.5, 0.6) is 0 Å². The lowest BCUT2D eigenvalue weighted by molar-refractivity contribution is -0.138. The van der Waals surface area contributed by atoms with Crippen molar-refractivity contribution >= 4 is 29.4 Å². The molecule has 0 aromatic rings. The van der Waals surface area contributed by atoms with Crippen molar-refractivity contribution in [3.8, 4) is 0 Å². The van der Waals surface area contributed by atoms with Gasteiger partial charge >= 0.3 is 0 Å². The van der Waals surface area contributed by atoms with Gasteiger partial charge in [0.05, 0.1) is 5.25 Å². The minimum Gasteiger partial charge on any atom is -0.300 e. The van der Waals surface area contributed by atoms with Crippen LogP contribution in [0.25, 0.3) is 0 Å². The van der Waals surface area contributed by atoms with E-state index in [4.69, 9.17) is 0 Å². The molecular formula is C15H25NO3S. The number of likely N-dealkylation sites (tertiary alicyclic amines) is 1. The molecule has 1 saturated heterocycles. The van der Waals surface area contributed by atoms with Crippen molar-refractivity contribution in [3.63, 3.8) is 0 Å². The number of imide groups is 1. The molecule has 1 aliphatic heterocycles. The second kappa shape index (κ2) is 7.25. The lowest BCUT2D eigenvalue weighted by atomic mass is 9.94. The van der Waals surface area contributed by atoms with Crippen LogP contribution in [0.1, 0.15) is 53.4 Å². The van der Waals surface area contributed by atoms with E-state index in [1.54, 1.807) is 11.8 Å². The molecule has 114 valence electrons. The van der Waals surface area contributed by atoms with Gasteiger partial charge in [0.25, 0.3) is 0 Å². The highest BCUT2D eigenvalue weighted by Crippen LogP contribution is 2.29. The summed E-state index contributed by atoms with van der Waals surface area (Å²) in [6.07, 6.45) is 2.35. The molecule has 0 aromatic heterocycles. The average molecular weight is 299 g/mol. The van der Waals surface area contributed by atoms with Gasteiger partial charge in [-0.25, -0.2) is 0 Å². The van der Waals surface area contributed by atoms with Crippen LogP contribution >= 0.6 is 11.8 Å². The van der Waals surface area contributed by atoms with Gasteiger partial charge in [0, 0.05) is 19.4 Å². The number of thioether (sulfide) groups is 1. The van der Waals surface area contributed by atoms with Gasteiger partial charge in [0.1, 0.15) is 5.78 Å². The van der Waals surface area contributed by atoms with Crippen LogP contribution in [0.4, 0.5) is 0 Å². The highest BCUT2D eigenvalue weighted by molar-refractivity contribution is 8.00. The van der Waals surface area contributed by atoms with Crippen molar-refractivity contribution in [2.75, 3.05) is 12.3 Å². The molecule has 1 rings (SSSR count). The molecular weight excluding hydrogens is 274 g/mol. The Labute approximate surface area is 125 Å². The molecule has 20 heavy (non-hydrogen) atoms. The number of Topliss-reactive ketones (excluding diaryl/α,β-unsaturated/α-hetero) is 1. The number of hydrogen-bond acceptors (Lipinski definition) is 4. The number of ketones is 1. The Morgan fingerprint density at radius 3 is 2.55 bits per heavy atom. The Morgan fingerprint density at radius 1 is 1.35 bits per heavy atom. The van der Waals surface area contributed by atoms with Gasteiger partial charge in [-0.15, -0.1) is 11.8 Å². The summed E-state index contributed by atoms with van der Waals surface area (Å²) in [4.78, 5) is 36.2. The predicted molar refractivity (Wildman–Crippen MR) is 81.6 cm³/mol. The quantitative estimate of drug-likeness (QED) is 0.678. The van der Waals surface area contributed by atoms with E-state index in [0.29, 0.717) is 25.8 Å². The number of nitrogens with zero attached hydrogens (tertiary/aromatic N) is 1. The van der Waals surface area contributed by atoms with E-state index >= 15 is 0 Å². The van der Waals surface area contributed by atoms with Crippen molar-refractivity contribution < 1.29 is 14.4 Å². The molecule has 1 fully saturated rings. The zero-order chi connectivity index (χ0) is 15.3. The maximum Gasteiger partial charge on any atom is 0.242 e. The van der Waals surface area contributed by atoms with Gasteiger partial charge in [0.15, 0.2) is 0 Å². The van der Waals surface area contributed by atoms with Crippen molar-refractivity contribution in [1.82, 2.24) is 4.90 Å². The van der Waals surface area contributed by atoms with Crippen molar-refractivity contribution in [1.29, 1.82) is 0 Å². The zero-order valence-corrected chi connectivity index (χ0v) is 13.7. The first-order valence-corrected chi connectivity index (χ1v) is 8.21. The van der Waals surface area contributed by atoms with Crippen molar-refractivity contribution in [2.45, 2.75) is 58.6 Å². The normalized spacial score (nSPS) is 19.8. The van der Waals surface area contributed by atoms with E-state index in [9.17, 15) is 14.4 Å². The van der Waals surface area contributed by atoms with E-state index in [1.165, 1.54) is 11.8 Å². The van der Waals surface area contributed by atoms with Crippen molar-refractivity contribution in [2.24, 2.45) is 5.41 Å². The van der Waals surface area contributed by atoms with Crippen molar-refractivity contribution in [3.05, 3.63) is 0 Å².